The number of hydrogen-bond donors (Lipinski definition) is 8. The van der Waals surface area contributed by atoms with Gasteiger partial charge in [0.25, 0.3) is 17.7 Å². The molecule has 0 bridgehead atoms. The molecule has 13 amide bonds. The molecule has 5 heterocycles. The summed E-state index contributed by atoms with van der Waals surface area (Å²) < 4.78 is 117. The lowest BCUT2D eigenvalue weighted by Gasteiger charge is -2.30. The molecule has 5 aromatic rings. The second-order valence-electron chi connectivity index (χ2n) is 25.1. The molecule has 0 saturated carbocycles. The molecule has 35 heteroatoms. The van der Waals surface area contributed by atoms with Gasteiger partial charge in [0.1, 0.15) is 37.1 Å². The van der Waals surface area contributed by atoms with E-state index in [4.69, 9.17) is 19.3 Å². The number of carboxylic acids is 1. The Hall–Kier alpha value is -11.4. The lowest BCUT2D eigenvalue weighted by atomic mass is 9.94. The van der Waals surface area contributed by atoms with Crippen molar-refractivity contribution < 1.29 is 112 Å². The van der Waals surface area contributed by atoms with E-state index in [-0.39, 0.29) is 93.8 Å². The number of hydrogen-bond acceptors (Lipinski definition) is 17. The van der Waals surface area contributed by atoms with Gasteiger partial charge in [0, 0.05) is 75.2 Å². The predicted molar refractivity (Wildman–Crippen MR) is 363 cm³/mol. The number of ether oxygens (including phenoxy) is 4. The van der Waals surface area contributed by atoms with Crippen molar-refractivity contribution in [2.45, 2.75) is 141 Å². The highest BCUT2D eigenvalue weighted by Crippen LogP contribution is 2.50. The standard InChI is InChI=1S/C26H25F3N4O5.C16H16FN3O6.C15H14FN3O6.C11H13F2N.3CH4/c1-13-3-6-21(15-4-5-17(27)18(28)9-15)33(13)22(34)12-32-23(35)26(38-25(32)37)8-7-14-10-20(31-24(36)30-2)19(29)11-16(14)26;1-18-14(23)19-11-5-8-3-4-16(9(8)6-10(11)17)13(22)20(15(24)26-16)7-12(21)25-2;1-17-13(23)18-10-4-7-2-3-15(8(7)5-9(10)16)12(22)19(6-11(20)21)14(24)25-15;1-7-2-5-11(14-7)8-3-4-9(12)10(13)6-8;;;/h4-5,9-11,13,21H,3,6-8,12H2,1-2H3,(H2,30,31,36);5-6H,3-4,7H2,1-2H3,(H2,18,19,23);4-5H,2-3,6H2,1H3,(H,20,21)(H2,17,18,23);3-4,6-7,11,14H,2,5H2,1H3;3*1H4/t13-,21-,26-;16-;15-;7-,11-;;;/m0000.../s1. The number of likely N-dealkylation sites (tertiary alicyclic amines) is 1. The van der Waals surface area contributed by atoms with Crippen molar-refractivity contribution in [3.63, 3.8) is 0 Å². The molecular weight excluding hydrogens is 1410 g/mol. The highest BCUT2D eigenvalue weighted by Gasteiger charge is 2.62. The van der Waals surface area contributed by atoms with Gasteiger partial charge in [-0.05, 0) is 147 Å². The van der Waals surface area contributed by atoms with E-state index in [1.807, 2.05) is 0 Å². The number of halogens is 7. The first kappa shape index (κ1) is 81.9. The fourth-order valence-electron chi connectivity index (χ4n) is 13.7. The van der Waals surface area contributed by atoms with E-state index in [1.54, 1.807) is 13.0 Å². The second-order valence-corrected chi connectivity index (χ2v) is 25.1. The van der Waals surface area contributed by atoms with Crippen LogP contribution in [0, 0.1) is 40.7 Å². The van der Waals surface area contributed by atoms with Crippen LogP contribution in [0.4, 0.5) is 76.6 Å². The zero-order valence-corrected chi connectivity index (χ0v) is 55.8. The number of imide groups is 3. The summed E-state index contributed by atoms with van der Waals surface area (Å²) in [6.07, 6.45) is 1.25. The predicted octanol–water partition coefficient (Wildman–Crippen LogP) is 10.1. The zero-order chi connectivity index (χ0) is 74.9. The van der Waals surface area contributed by atoms with Gasteiger partial charge in [-0.1, -0.05) is 34.4 Å². The van der Waals surface area contributed by atoms with E-state index in [0.717, 1.165) is 55.8 Å². The molecule has 5 aliphatic heterocycles. The number of carbonyl (C=O) groups excluding carboxylic acids is 11. The first-order valence-electron chi connectivity index (χ1n) is 32.2. The van der Waals surface area contributed by atoms with Crippen molar-refractivity contribution in [2.75, 3.05) is 63.8 Å². The Morgan fingerprint density at radius 2 is 0.877 bits per heavy atom. The van der Waals surface area contributed by atoms with Gasteiger partial charge >= 0.3 is 48.3 Å². The monoisotopic (exact) mass is 1490 g/mol. The van der Waals surface area contributed by atoms with E-state index in [1.165, 1.54) is 62.4 Å². The first-order valence-corrected chi connectivity index (χ1v) is 32.2. The molecule has 106 heavy (non-hydrogen) atoms. The summed E-state index contributed by atoms with van der Waals surface area (Å²) in [4.78, 5) is 149. The number of aryl methyl sites for hydroxylation is 3. The van der Waals surface area contributed by atoms with Crippen LogP contribution in [0.25, 0.3) is 0 Å². The van der Waals surface area contributed by atoms with E-state index in [0.29, 0.717) is 68.7 Å². The smallest absolute Gasteiger partial charge is 0.418 e. The van der Waals surface area contributed by atoms with E-state index >= 15 is 0 Å². The molecule has 13 rings (SSSR count). The summed E-state index contributed by atoms with van der Waals surface area (Å²) in [5.41, 5.74) is -1.93. The van der Waals surface area contributed by atoms with Crippen molar-refractivity contribution in [3.05, 3.63) is 158 Å². The fourth-order valence-corrected chi connectivity index (χ4v) is 13.7. The molecule has 5 aromatic carbocycles. The van der Waals surface area contributed by atoms with Gasteiger partial charge in [-0.2, -0.15) is 0 Å². The summed E-state index contributed by atoms with van der Waals surface area (Å²) in [5, 5.41) is 26.1. The highest BCUT2D eigenvalue weighted by molar-refractivity contribution is 6.08. The number of anilines is 3. The second kappa shape index (κ2) is 32.7. The van der Waals surface area contributed by atoms with Crippen LogP contribution in [0.15, 0.2) is 72.8 Å². The van der Waals surface area contributed by atoms with Crippen molar-refractivity contribution in [1.82, 2.24) is 40.9 Å². The number of urea groups is 3. The lowest BCUT2D eigenvalue weighted by molar-refractivity contribution is -0.146. The number of nitrogens with zero attached hydrogens (tertiary/aromatic N) is 4. The Kier molecular flexibility index (Phi) is 25.3. The molecule has 3 spiro atoms. The molecule has 0 unspecified atom stereocenters. The number of carbonyl (C=O) groups is 12. The van der Waals surface area contributed by atoms with Crippen molar-refractivity contribution in [3.8, 4) is 0 Å². The van der Waals surface area contributed by atoms with Crippen LogP contribution in [-0.4, -0.2) is 157 Å². The van der Waals surface area contributed by atoms with E-state index in [9.17, 15) is 88.3 Å². The van der Waals surface area contributed by atoms with Crippen LogP contribution < -0.4 is 37.2 Å². The highest BCUT2D eigenvalue weighted by atomic mass is 19.2. The molecule has 7 atom stereocenters. The van der Waals surface area contributed by atoms with Crippen LogP contribution in [0.1, 0.15) is 138 Å². The summed E-state index contributed by atoms with van der Waals surface area (Å²) >= 11 is 0. The Bertz CT molecular complexity index is 4380. The van der Waals surface area contributed by atoms with Gasteiger partial charge in [0.15, 0.2) is 23.3 Å². The molecule has 3 aliphatic carbocycles. The Morgan fingerprint density at radius 3 is 1.24 bits per heavy atom. The topological polar surface area (TPSA) is 359 Å². The van der Waals surface area contributed by atoms with Crippen molar-refractivity contribution in [1.29, 1.82) is 0 Å². The maximum Gasteiger partial charge on any atom is 0.418 e. The number of nitrogens with one attached hydrogen (secondary N) is 7. The Balaban J connectivity index is 0.000000205. The quantitative estimate of drug-likeness (QED) is 0.0346. The third-order valence-electron chi connectivity index (χ3n) is 18.9. The molecule has 28 nitrogen and oxygen atoms in total. The van der Waals surface area contributed by atoms with Crippen LogP contribution in [0.5, 0.6) is 0 Å². The van der Waals surface area contributed by atoms with Crippen LogP contribution in [0.3, 0.4) is 0 Å². The molecule has 570 valence electrons. The van der Waals surface area contributed by atoms with Gasteiger partial charge in [-0.3, -0.25) is 28.8 Å². The molecule has 0 radical (unpaired) electrons. The van der Waals surface area contributed by atoms with E-state index in [2.05, 4.69) is 48.9 Å². The SMILES string of the molecule is C.C.C.CNC(=O)Nc1cc2c(cc1F)[C@]1(CC2)OC(=O)N(CC(=O)N2[C@@H](C)CC[C@H]2c2ccc(F)c(F)c2)C1=O.CNC(=O)Nc1cc2c(cc1F)[C@]1(CC2)OC(=O)N(CC(=O)O)C1=O.CNC(=O)Nc1cc2c(cc1F)[C@]1(CC2)OC(=O)N(CC(=O)OC)C1=O.C[C@H]1CC[C@@H](c2ccc(F)c(F)c2)N1. The molecule has 0 aromatic heterocycles. The number of rotatable bonds is 11. The van der Waals surface area contributed by atoms with Crippen LogP contribution in [0.2, 0.25) is 0 Å². The molecule has 8 aliphatic rings. The zero-order valence-electron chi connectivity index (χ0n) is 55.8. The maximum absolute atomic E-state index is 14.8. The van der Waals surface area contributed by atoms with Gasteiger partial charge in [-0.25, -0.2) is 74.2 Å². The van der Waals surface area contributed by atoms with Crippen molar-refractivity contribution >= 4 is 89.0 Å². The van der Waals surface area contributed by atoms with Gasteiger partial charge in [0.05, 0.1) is 30.2 Å². The lowest BCUT2D eigenvalue weighted by Crippen LogP contribution is -2.46. The first-order chi connectivity index (χ1) is 48.8. The largest absolute Gasteiger partial charge is 0.480 e. The molecule has 5 fully saturated rings. The summed E-state index contributed by atoms with van der Waals surface area (Å²) in [6, 6.07) is 12.9. The minimum atomic E-state index is -1.77. The Morgan fingerprint density at radius 1 is 0.500 bits per heavy atom. The van der Waals surface area contributed by atoms with Crippen LogP contribution in [-0.2, 0) is 83.8 Å². The number of amides is 13. The minimum Gasteiger partial charge on any atom is -0.480 e. The maximum atomic E-state index is 14.8. The van der Waals surface area contributed by atoms with Gasteiger partial charge < -0.3 is 66.2 Å². The normalized spacial score (nSPS) is 22.3. The molecule has 8 N–H and O–H groups in total. The number of methoxy groups -OCH3 is 1. The minimum absolute atomic E-state index is 0. The number of esters is 1. The average Bonchev–Trinajstić information content (AvgIpc) is 1.59. The number of benzene rings is 5. The number of carboxylic acid groups (broad SMARTS) is 1. The van der Waals surface area contributed by atoms with Gasteiger partial charge in [0.2, 0.25) is 22.7 Å². The third-order valence-corrected chi connectivity index (χ3v) is 18.9. The van der Waals surface area contributed by atoms with Gasteiger partial charge in [-0.15, -0.1) is 0 Å². The molecular formula is C71H80F7N11O17. The third kappa shape index (κ3) is 15.8. The summed E-state index contributed by atoms with van der Waals surface area (Å²) in [6.45, 7) is 1.87. The summed E-state index contributed by atoms with van der Waals surface area (Å²) in [7, 11) is 5.28. The molecule has 5 saturated heterocycles. The average molecular weight is 1490 g/mol. The van der Waals surface area contributed by atoms with Crippen molar-refractivity contribution in [2.24, 2.45) is 0 Å². The van der Waals surface area contributed by atoms with Crippen LogP contribution >= 0.6 is 0 Å². The Labute approximate surface area is 603 Å². The fraction of sp³-hybridized carbons (Fsp3) is 0.408. The summed E-state index contributed by atoms with van der Waals surface area (Å²) in [5.74, 6) is -11.0. The number of aliphatic carboxylic acids is 1. The van der Waals surface area contributed by atoms with E-state index < -0.39 is 155 Å². The number of fused-ring (bicyclic) bond motifs is 6.